The predicted octanol–water partition coefficient (Wildman–Crippen LogP) is 0.370. The minimum Gasteiger partial charge on any atom is -0.330 e. The second kappa shape index (κ2) is 7.45. The van der Waals surface area contributed by atoms with Gasteiger partial charge in [-0.25, -0.2) is 4.72 Å². The summed E-state index contributed by atoms with van der Waals surface area (Å²) in [7, 11) is -3.33. The van der Waals surface area contributed by atoms with Gasteiger partial charge in [-0.15, -0.1) is 12.4 Å². The normalized spacial score (nSPS) is 26.1. The summed E-state index contributed by atoms with van der Waals surface area (Å²) in [4.78, 5) is 0. The van der Waals surface area contributed by atoms with Crippen molar-refractivity contribution in [2.45, 2.75) is 38.6 Å². The van der Waals surface area contributed by atoms with E-state index in [-0.39, 0.29) is 24.4 Å². The van der Waals surface area contributed by atoms with E-state index in [1.165, 1.54) is 0 Å². The van der Waals surface area contributed by atoms with Gasteiger partial charge in [-0.2, -0.15) is 13.1 Å². The van der Waals surface area contributed by atoms with Crippen molar-refractivity contribution >= 4 is 22.6 Å². The molecule has 0 aliphatic heterocycles. The first kappa shape index (κ1) is 16.1. The fraction of sp³-hybridized carbons (Fsp3) is 1.00. The highest BCUT2D eigenvalue weighted by Gasteiger charge is 2.27. The van der Waals surface area contributed by atoms with E-state index >= 15 is 0 Å². The number of hydrogen-bond acceptors (Lipinski definition) is 3. The Labute approximate surface area is 104 Å². The Balaban J connectivity index is 0.00000225. The van der Waals surface area contributed by atoms with Gasteiger partial charge in [0.25, 0.3) is 10.2 Å². The highest BCUT2D eigenvalue weighted by atomic mass is 35.5. The van der Waals surface area contributed by atoms with Crippen LogP contribution in [0, 0.1) is 5.92 Å². The van der Waals surface area contributed by atoms with Crippen LogP contribution in [-0.4, -0.2) is 27.5 Å². The molecule has 2 unspecified atom stereocenters. The van der Waals surface area contributed by atoms with Gasteiger partial charge in [0, 0.05) is 12.6 Å². The first-order chi connectivity index (χ1) is 7.09. The molecule has 0 aromatic rings. The summed E-state index contributed by atoms with van der Waals surface area (Å²) in [5.74, 6) is 0.284. The Hall–Kier alpha value is 0.120. The summed E-state index contributed by atoms with van der Waals surface area (Å²) in [6.07, 6.45) is 4.15. The smallest absolute Gasteiger partial charge is 0.277 e. The van der Waals surface area contributed by atoms with E-state index in [1.807, 2.05) is 0 Å². The third-order valence-corrected chi connectivity index (χ3v) is 4.13. The Morgan fingerprint density at radius 1 is 1.31 bits per heavy atom. The molecular formula is C9H22ClN3O2S. The van der Waals surface area contributed by atoms with Crippen molar-refractivity contribution in [2.75, 3.05) is 13.1 Å². The van der Waals surface area contributed by atoms with Crippen LogP contribution in [-0.2, 0) is 10.2 Å². The standard InChI is InChI=1S/C9H21N3O2S.ClH/c1-2-11-15(13,14)12-9-6-4-3-5-8(9)7-10;/h8-9,11-12H,2-7,10H2,1H3;1H. The molecule has 98 valence electrons. The van der Waals surface area contributed by atoms with E-state index in [2.05, 4.69) is 9.44 Å². The van der Waals surface area contributed by atoms with Crippen molar-refractivity contribution in [3.05, 3.63) is 0 Å². The molecule has 2 atom stereocenters. The van der Waals surface area contributed by atoms with Crippen LogP contribution in [0.1, 0.15) is 32.6 Å². The minimum absolute atomic E-state index is 0. The zero-order chi connectivity index (χ0) is 11.3. The van der Waals surface area contributed by atoms with Gasteiger partial charge in [0.1, 0.15) is 0 Å². The number of rotatable bonds is 5. The van der Waals surface area contributed by atoms with E-state index in [4.69, 9.17) is 5.73 Å². The topological polar surface area (TPSA) is 84.2 Å². The third-order valence-electron chi connectivity index (χ3n) is 2.85. The third kappa shape index (κ3) is 4.97. The Kier molecular flexibility index (Phi) is 7.50. The van der Waals surface area contributed by atoms with Crippen molar-refractivity contribution < 1.29 is 8.42 Å². The molecular weight excluding hydrogens is 250 g/mol. The van der Waals surface area contributed by atoms with E-state index < -0.39 is 10.2 Å². The van der Waals surface area contributed by atoms with Crippen LogP contribution in [0.25, 0.3) is 0 Å². The highest BCUT2D eigenvalue weighted by molar-refractivity contribution is 7.87. The van der Waals surface area contributed by atoms with Gasteiger partial charge in [-0.3, -0.25) is 0 Å². The molecule has 1 aliphatic carbocycles. The first-order valence-corrected chi connectivity index (χ1v) is 7.04. The summed E-state index contributed by atoms with van der Waals surface area (Å²) in [6, 6.07) is 0.00722. The van der Waals surface area contributed by atoms with Crippen molar-refractivity contribution in [3.8, 4) is 0 Å². The predicted molar refractivity (Wildman–Crippen MR) is 67.8 cm³/mol. The zero-order valence-corrected chi connectivity index (χ0v) is 11.2. The summed E-state index contributed by atoms with van der Waals surface area (Å²) in [6.45, 7) is 2.73. The molecule has 4 N–H and O–H groups in total. The molecule has 1 aliphatic rings. The lowest BCUT2D eigenvalue weighted by Crippen LogP contribution is -2.48. The van der Waals surface area contributed by atoms with Crippen LogP contribution in [0.15, 0.2) is 0 Å². The van der Waals surface area contributed by atoms with Crippen molar-refractivity contribution in [3.63, 3.8) is 0 Å². The summed E-state index contributed by atoms with van der Waals surface area (Å²) in [5, 5.41) is 0. The van der Waals surface area contributed by atoms with Crippen LogP contribution in [0.3, 0.4) is 0 Å². The Bertz CT molecular complexity index is 284. The average molecular weight is 272 g/mol. The maximum Gasteiger partial charge on any atom is 0.277 e. The Morgan fingerprint density at radius 3 is 2.50 bits per heavy atom. The van der Waals surface area contributed by atoms with E-state index in [1.54, 1.807) is 6.92 Å². The SMILES string of the molecule is CCNS(=O)(=O)NC1CCCCC1CN.Cl. The van der Waals surface area contributed by atoms with Gasteiger partial charge in [0.2, 0.25) is 0 Å². The first-order valence-electron chi connectivity index (χ1n) is 5.56. The monoisotopic (exact) mass is 271 g/mol. The molecule has 1 saturated carbocycles. The van der Waals surface area contributed by atoms with Crippen LogP contribution in [0.5, 0.6) is 0 Å². The molecule has 1 rings (SSSR count). The number of nitrogens with two attached hydrogens (primary N) is 1. The van der Waals surface area contributed by atoms with E-state index in [9.17, 15) is 8.42 Å². The molecule has 7 heteroatoms. The quantitative estimate of drug-likeness (QED) is 0.675. The molecule has 1 fully saturated rings. The lowest BCUT2D eigenvalue weighted by Gasteiger charge is -2.30. The summed E-state index contributed by atoms with van der Waals surface area (Å²) >= 11 is 0. The number of nitrogens with one attached hydrogen (secondary N) is 2. The lowest BCUT2D eigenvalue weighted by molar-refractivity contribution is 0.295. The van der Waals surface area contributed by atoms with Crippen LogP contribution in [0.2, 0.25) is 0 Å². The van der Waals surface area contributed by atoms with Crippen LogP contribution < -0.4 is 15.2 Å². The van der Waals surface area contributed by atoms with Crippen molar-refractivity contribution in [2.24, 2.45) is 11.7 Å². The Morgan fingerprint density at radius 2 is 1.94 bits per heavy atom. The van der Waals surface area contributed by atoms with Crippen molar-refractivity contribution in [1.82, 2.24) is 9.44 Å². The largest absolute Gasteiger partial charge is 0.330 e. The van der Waals surface area contributed by atoms with E-state index in [0.29, 0.717) is 13.1 Å². The molecule has 0 radical (unpaired) electrons. The van der Waals surface area contributed by atoms with Crippen LogP contribution in [0.4, 0.5) is 0 Å². The van der Waals surface area contributed by atoms with Gasteiger partial charge >= 0.3 is 0 Å². The summed E-state index contributed by atoms with van der Waals surface area (Å²) < 4.78 is 28.1. The van der Waals surface area contributed by atoms with Gasteiger partial charge in [0.15, 0.2) is 0 Å². The van der Waals surface area contributed by atoms with Crippen molar-refractivity contribution in [1.29, 1.82) is 0 Å². The molecule has 0 saturated heterocycles. The van der Waals surface area contributed by atoms with Gasteiger partial charge in [-0.1, -0.05) is 19.8 Å². The molecule has 0 aromatic heterocycles. The summed E-state index contributed by atoms with van der Waals surface area (Å²) in [5.41, 5.74) is 5.63. The molecule has 0 aromatic carbocycles. The number of halogens is 1. The molecule has 16 heavy (non-hydrogen) atoms. The second-order valence-electron chi connectivity index (χ2n) is 4.01. The molecule has 5 nitrogen and oxygen atoms in total. The fourth-order valence-electron chi connectivity index (χ4n) is 2.08. The molecule has 0 amide bonds. The lowest BCUT2D eigenvalue weighted by atomic mass is 9.85. The maximum absolute atomic E-state index is 11.5. The molecule has 0 spiro atoms. The van der Waals surface area contributed by atoms with Crippen LogP contribution >= 0.6 is 12.4 Å². The highest BCUT2D eigenvalue weighted by Crippen LogP contribution is 2.23. The zero-order valence-electron chi connectivity index (χ0n) is 9.61. The van der Waals surface area contributed by atoms with Gasteiger partial charge < -0.3 is 5.73 Å². The number of hydrogen-bond donors (Lipinski definition) is 3. The fourth-order valence-corrected chi connectivity index (χ4v) is 3.25. The second-order valence-corrected chi connectivity index (χ2v) is 5.54. The molecule has 0 bridgehead atoms. The minimum atomic E-state index is -3.33. The average Bonchev–Trinajstić information content (AvgIpc) is 2.17. The molecule has 0 heterocycles. The van der Waals surface area contributed by atoms with E-state index in [0.717, 1.165) is 25.7 Å². The van der Waals surface area contributed by atoms with Gasteiger partial charge in [0.05, 0.1) is 0 Å². The van der Waals surface area contributed by atoms with Gasteiger partial charge in [-0.05, 0) is 25.3 Å². The maximum atomic E-state index is 11.5.